The number of aliphatic hydroxyl groups excluding tert-OH is 1. The van der Waals surface area contributed by atoms with Crippen LogP contribution in [0.25, 0.3) is 0 Å². The number of carbonyl (C=O) groups is 1. The number of hydrogen-bond acceptors (Lipinski definition) is 3. The predicted octanol–water partition coefficient (Wildman–Crippen LogP) is 2.51. The monoisotopic (exact) mass is 331 g/mol. The van der Waals surface area contributed by atoms with Crippen molar-refractivity contribution in [3.05, 3.63) is 30.3 Å². The first kappa shape index (κ1) is 17.1. The molecule has 0 aromatic heterocycles. The van der Waals surface area contributed by atoms with Crippen LogP contribution in [0.2, 0.25) is 0 Å². The molecule has 1 heterocycles. The molecular weight excluding hydrogens is 302 g/mol. The number of amides is 2. The highest BCUT2D eigenvalue weighted by Crippen LogP contribution is 2.37. The second-order valence-corrected chi connectivity index (χ2v) is 7.50. The van der Waals surface area contributed by atoms with Crippen molar-refractivity contribution in [1.29, 1.82) is 0 Å². The molecule has 0 radical (unpaired) electrons. The lowest BCUT2D eigenvalue weighted by Crippen LogP contribution is -2.54. The molecule has 0 spiro atoms. The molecule has 3 rings (SSSR count). The Morgan fingerprint density at radius 3 is 2.79 bits per heavy atom. The highest BCUT2D eigenvalue weighted by Gasteiger charge is 2.39. The van der Waals surface area contributed by atoms with E-state index in [0.717, 1.165) is 45.2 Å². The molecule has 24 heavy (non-hydrogen) atoms. The Morgan fingerprint density at radius 2 is 2.04 bits per heavy atom. The maximum absolute atomic E-state index is 12.4. The lowest BCUT2D eigenvalue weighted by molar-refractivity contribution is 0.120. The number of urea groups is 1. The Labute approximate surface area is 144 Å². The molecule has 2 amide bonds. The smallest absolute Gasteiger partial charge is 0.315 e. The van der Waals surface area contributed by atoms with Crippen molar-refractivity contribution in [2.45, 2.75) is 51.1 Å². The van der Waals surface area contributed by atoms with Crippen molar-refractivity contribution >= 4 is 11.7 Å². The van der Waals surface area contributed by atoms with Crippen LogP contribution in [0, 0.1) is 5.41 Å². The van der Waals surface area contributed by atoms with Crippen LogP contribution in [0.5, 0.6) is 0 Å². The van der Waals surface area contributed by atoms with Crippen molar-refractivity contribution in [2.24, 2.45) is 5.41 Å². The van der Waals surface area contributed by atoms with Gasteiger partial charge in [0.25, 0.3) is 0 Å². The van der Waals surface area contributed by atoms with Crippen molar-refractivity contribution in [2.75, 3.05) is 24.6 Å². The van der Waals surface area contributed by atoms with Gasteiger partial charge in [-0.1, -0.05) is 31.5 Å². The number of nitrogens with zero attached hydrogens (tertiary/aromatic N) is 1. The van der Waals surface area contributed by atoms with E-state index in [9.17, 15) is 9.90 Å². The number of piperidine rings is 1. The van der Waals surface area contributed by atoms with Gasteiger partial charge in [-0.3, -0.25) is 0 Å². The van der Waals surface area contributed by atoms with Gasteiger partial charge in [0.05, 0.1) is 6.61 Å². The average Bonchev–Trinajstić information content (AvgIpc) is 2.97. The highest BCUT2D eigenvalue weighted by molar-refractivity contribution is 5.75. The average molecular weight is 331 g/mol. The molecule has 132 valence electrons. The molecule has 1 aromatic rings. The molecule has 5 heteroatoms. The third kappa shape index (κ3) is 3.83. The number of carbonyl (C=O) groups excluding carboxylic acids is 1. The largest absolute Gasteiger partial charge is 0.396 e. The molecule has 3 unspecified atom stereocenters. The van der Waals surface area contributed by atoms with Crippen LogP contribution in [0.4, 0.5) is 10.5 Å². The first-order chi connectivity index (χ1) is 11.6. The number of benzene rings is 1. The third-order valence-electron chi connectivity index (χ3n) is 5.63. The molecule has 2 fully saturated rings. The lowest BCUT2D eigenvalue weighted by Gasteiger charge is -2.36. The molecule has 1 aliphatic carbocycles. The Morgan fingerprint density at radius 1 is 1.25 bits per heavy atom. The minimum absolute atomic E-state index is 0.0660. The Balaban J connectivity index is 1.53. The molecule has 5 nitrogen and oxygen atoms in total. The first-order valence-electron chi connectivity index (χ1n) is 9.08. The summed E-state index contributed by atoms with van der Waals surface area (Å²) in [6, 6.07) is 10.5. The van der Waals surface area contributed by atoms with Crippen LogP contribution in [0.15, 0.2) is 30.3 Å². The fourth-order valence-corrected chi connectivity index (χ4v) is 4.02. The standard InChI is InChI=1S/C19H29N3O2/c1-19(14-23)11-5-10-17(19)21-18(24)20-15-7-6-12-22(13-15)16-8-3-2-4-9-16/h2-4,8-9,15,17,23H,5-7,10-14H2,1H3,(H2,20,21,24). The van der Waals surface area contributed by atoms with E-state index in [2.05, 4.69) is 46.7 Å². The van der Waals surface area contributed by atoms with Gasteiger partial charge in [-0.2, -0.15) is 0 Å². The molecule has 1 saturated heterocycles. The maximum Gasteiger partial charge on any atom is 0.315 e. The van der Waals surface area contributed by atoms with E-state index in [1.807, 2.05) is 6.07 Å². The molecule has 0 bridgehead atoms. The molecule has 3 N–H and O–H groups in total. The highest BCUT2D eigenvalue weighted by atomic mass is 16.3. The number of anilines is 1. The summed E-state index contributed by atoms with van der Waals surface area (Å²) < 4.78 is 0. The van der Waals surface area contributed by atoms with Crippen LogP contribution in [0.1, 0.15) is 39.0 Å². The van der Waals surface area contributed by atoms with Gasteiger partial charge in [0.15, 0.2) is 0 Å². The molecule has 2 aliphatic rings. The fourth-order valence-electron chi connectivity index (χ4n) is 4.02. The van der Waals surface area contributed by atoms with Gasteiger partial charge in [-0.25, -0.2) is 4.79 Å². The summed E-state index contributed by atoms with van der Waals surface area (Å²) in [4.78, 5) is 14.7. The second kappa shape index (κ2) is 7.43. The summed E-state index contributed by atoms with van der Waals surface area (Å²) >= 11 is 0. The third-order valence-corrected chi connectivity index (χ3v) is 5.63. The lowest BCUT2D eigenvalue weighted by atomic mass is 9.86. The van der Waals surface area contributed by atoms with E-state index in [1.165, 1.54) is 5.69 Å². The van der Waals surface area contributed by atoms with E-state index < -0.39 is 0 Å². The molecule has 1 saturated carbocycles. The summed E-state index contributed by atoms with van der Waals surface area (Å²) in [6.45, 7) is 4.07. The molecule has 3 atom stereocenters. The molecular formula is C19H29N3O2. The second-order valence-electron chi connectivity index (χ2n) is 7.50. The van der Waals surface area contributed by atoms with Crippen LogP contribution in [-0.4, -0.2) is 42.9 Å². The van der Waals surface area contributed by atoms with Crippen molar-refractivity contribution in [3.63, 3.8) is 0 Å². The van der Waals surface area contributed by atoms with Crippen LogP contribution < -0.4 is 15.5 Å². The van der Waals surface area contributed by atoms with Gasteiger partial charge in [0.2, 0.25) is 0 Å². The van der Waals surface area contributed by atoms with E-state index in [0.29, 0.717) is 0 Å². The van der Waals surface area contributed by atoms with Gasteiger partial charge >= 0.3 is 6.03 Å². The van der Waals surface area contributed by atoms with Crippen LogP contribution in [-0.2, 0) is 0 Å². The summed E-state index contributed by atoms with van der Waals surface area (Å²) in [6.07, 6.45) is 5.08. The number of rotatable bonds is 4. The van der Waals surface area contributed by atoms with E-state index in [-0.39, 0.29) is 30.1 Å². The van der Waals surface area contributed by atoms with Gasteiger partial charge in [-0.15, -0.1) is 0 Å². The summed E-state index contributed by atoms with van der Waals surface area (Å²) in [5.74, 6) is 0. The van der Waals surface area contributed by atoms with Crippen LogP contribution in [0.3, 0.4) is 0 Å². The topological polar surface area (TPSA) is 64.6 Å². The first-order valence-corrected chi connectivity index (χ1v) is 9.08. The Kier molecular flexibility index (Phi) is 5.29. The molecule has 1 aliphatic heterocycles. The minimum atomic E-state index is -0.181. The van der Waals surface area contributed by atoms with Crippen molar-refractivity contribution in [3.8, 4) is 0 Å². The van der Waals surface area contributed by atoms with Gasteiger partial charge < -0.3 is 20.6 Å². The van der Waals surface area contributed by atoms with E-state index in [4.69, 9.17) is 0 Å². The zero-order valence-electron chi connectivity index (χ0n) is 14.5. The van der Waals surface area contributed by atoms with Crippen molar-refractivity contribution in [1.82, 2.24) is 10.6 Å². The summed E-state index contributed by atoms with van der Waals surface area (Å²) in [5.41, 5.74) is 1.04. The zero-order chi connectivity index (χ0) is 17.0. The Bertz CT molecular complexity index is 551. The van der Waals surface area contributed by atoms with Crippen molar-refractivity contribution < 1.29 is 9.90 Å². The number of hydrogen-bond donors (Lipinski definition) is 3. The quantitative estimate of drug-likeness (QED) is 0.794. The van der Waals surface area contributed by atoms with Gasteiger partial charge in [-0.05, 0) is 37.8 Å². The molecule has 1 aromatic carbocycles. The van der Waals surface area contributed by atoms with E-state index in [1.54, 1.807) is 0 Å². The van der Waals surface area contributed by atoms with Gasteiger partial charge in [0, 0.05) is 36.3 Å². The summed E-state index contributed by atoms with van der Waals surface area (Å²) in [7, 11) is 0. The zero-order valence-corrected chi connectivity index (χ0v) is 14.5. The Hall–Kier alpha value is -1.75. The van der Waals surface area contributed by atoms with Gasteiger partial charge in [0.1, 0.15) is 0 Å². The number of aliphatic hydroxyl groups is 1. The van der Waals surface area contributed by atoms with Crippen LogP contribution >= 0.6 is 0 Å². The number of para-hydroxylation sites is 1. The van der Waals surface area contributed by atoms with E-state index >= 15 is 0 Å². The maximum atomic E-state index is 12.4. The SMILES string of the molecule is CC1(CO)CCCC1NC(=O)NC1CCCN(c2ccccc2)C1. The summed E-state index contributed by atoms with van der Waals surface area (Å²) in [5, 5.41) is 15.8. The fraction of sp³-hybridized carbons (Fsp3) is 0.632. The predicted molar refractivity (Wildman–Crippen MR) is 96.2 cm³/mol. The number of nitrogens with one attached hydrogen (secondary N) is 2. The normalized spacial score (nSPS) is 30.2. The minimum Gasteiger partial charge on any atom is -0.396 e.